The predicted molar refractivity (Wildman–Crippen MR) is 78.1 cm³/mol. The number of hydrogen-bond acceptors (Lipinski definition) is 2. The molecule has 5 heteroatoms. The number of hydrogen-bond donors (Lipinski definition) is 2. The number of aromatic nitrogens is 2. The van der Waals surface area contributed by atoms with Gasteiger partial charge < -0.3 is 5.32 Å². The van der Waals surface area contributed by atoms with Crippen LogP contribution in [0.2, 0.25) is 0 Å². The fourth-order valence-electron chi connectivity index (χ4n) is 2.01. The van der Waals surface area contributed by atoms with Crippen LogP contribution < -0.4 is 5.32 Å². The number of carbonyl (C=O) groups is 1. The van der Waals surface area contributed by atoms with Crippen LogP contribution in [-0.2, 0) is 0 Å². The summed E-state index contributed by atoms with van der Waals surface area (Å²) in [4.78, 5) is 12.2. The number of H-pyrrole nitrogens is 1. The van der Waals surface area contributed by atoms with Crippen molar-refractivity contribution in [1.29, 1.82) is 0 Å². The van der Waals surface area contributed by atoms with Crippen molar-refractivity contribution in [1.82, 2.24) is 15.5 Å². The second-order valence-electron chi connectivity index (χ2n) is 4.56. The van der Waals surface area contributed by atoms with Gasteiger partial charge in [0.15, 0.2) is 0 Å². The molecule has 100 valence electrons. The maximum Gasteiger partial charge on any atom is 0.255 e. The number of halogens is 1. The molecular formula is C14H16BrN3O. The molecule has 19 heavy (non-hydrogen) atoms. The fraction of sp³-hybridized carbons (Fsp3) is 0.286. The van der Waals surface area contributed by atoms with Crippen molar-refractivity contribution < 1.29 is 4.79 Å². The summed E-state index contributed by atoms with van der Waals surface area (Å²) in [6.45, 7) is 5.63. The first-order valence-electron chi connectivity index (χ1n) is 6.07. The molecule has 1 unspecified atom stereocenters. The molecule has 0 aliphatic heterocycles. The molecule has 1 aromatic carbocycles. The van der Waals surface area contributed by atoms with Gasteiger partial charge in [-0.3, -0.25) is 9.89 Å². The van der Waals surface area contributed by atoms with Gasteiger partial charge in [-0.1, -0.05) is 28.1 Å². The Balaban J connectivity index is 2.15. The highest BCUT2D eigenvalue weighted by Gasteiger charge is 2.17. The molecule has 1 amide bonds. The maximum absolute atomic E-state index is 12.2. The molecule has 1 atom stereocenters. The number of aromatic amines is 1. The Bertz CT molecular complexity index is 587. The Kier molecular flexibility index (Phi) is 4.04. The molecule has 0 radical (unpaired) electrons. The van der Waals surface area contributed by atoms with Gasteiger partial charge in [0.2, 0.25) is 0 Å². The molecular weight excluding hydrogens is 306 g/mol. The minimum absolute atomic E-state index is 0.0568. The summed E-state index contributed by atoms with van der Waals surface area (Å²) in [7, 11) is 0. The molecule has 1 aromatic heterocycles. The molecule has 2 aromatic rings. The second-order valence-corrected chi connectivity index (χ2v) is 5.47. The van der Waals surface area contributed by atoms with Crippen LogP contribution in [0.3, 0.4) is 0 Å². The molecule has 0 spiro atoms. The van der Waals surface area contributed by atoms with Crippen molar-refractivity contribution >= 4 is 21.8 Å². The van der Waals surface area contributed by atoms with Crippen LogP contribution in [0.4, 0.5) is 0 Å². The van der Waals surface area contributed by atoms with E-state index in [1.165, 1.54) is 0 Å². The van der Waals surface area contributed by atoms with E-state index in [9.17, 15) is 4.79 Å². The van der Waals surface area contributed by atoms with E-state index in [2.05, 4.69) is 31.4 Å². The Morgan fingerprint density at radius 2 is 2.16 bits per heavy atom. The zero-order chi connectivity index (χ0) is 14.0. The van der Waals surface area contributed by atoms with Gasteiger partial charge in [0.1, 0.15) is 0 Å². The van der Waals surface area contributed by atoms with Gasteiger partial charge in [-0.25, -0.2) is 0 Å². The van der Waals surface area contributed by atoms with E-state index in [0.29, 0.717) is 5.56 Å². The Morgan fingerprint density at radius 3 is 2.74 bits per heavy atom. The van der Waals surface area contributed by atoms with E-state index in [1.807, 2.05) is 45.0 Å². The molecule has 2 N–H and O–H groups in total. The largest absolute Gasteiger partial charge is 0.345 e. The standard InChI is InChI=1S/C14H16BrN3O/c1-8(11-5-4-6-12(15)7-11)16-14(19)13-9(2)17-18-10(13)3/h4-8H,1-3H3,(H,16,19)(H,17,18). The molecule has 0 bridgehead atoms. The van der Waals surface area contributed by atoms with Crippen LogP contribution >= 0.6 is 15.9 Å². The molecule has 0 aliphatic carbocycles. The highest BCUT2D eigenvalue weighted by atomic mass is 79.9. The van der Waals surface area contributed by atoms with Crippen LogP contribution in [0.15, 0.2) is 28.7 Å². The Hall–Kier alpha value is -1.62. The first kappa shape index (κ1) is 13.8. The summed E-state index contributed by atoms with van der Waals surface area (Å²) in [6.07, 6.45) is 0. The van der Waals surface area contributed by atoms with Crippen molar-refractivity contribution in [2.45, 2.75) is 26.8 Å². The summed E-state index contributed by atoms with van der Waals surface area (Å²) in [5, 5.41) is 9.85. The average Bonchev–Trinajstić information content (AvgIpc) is 2.69. The SMILES string of the molecule is Cc1n[nH]c(C)c1C(=O)NC(C)c1cccc(Br)c1. The van der Waals surface area contributed by atoms with Crippen molar-refractivity contribution in [2.75, 3.05) is 0 Å². The van der Waals surface area contributed by atoms with Crippen LogP contribution in [-0.4, -0.2) is 16.1 Å². The van der Waals surface area contributed by atoms with Crippen molar-refractivity contribution in [2.24, 2.45) is 0 Å². The first-order valence-corrected chi connectivity index (χ1v) is 6.86. The topological polar surface area (TPSA) is 57.8 Å². The molecule has 4 nitrogen and oxygen atoms in total. The molecule has 1 heterocycles. The average molecular weight is 322 g/mol. The lowest BCUT2D eigenvalue weighted by Gasteiger charge is -2.14. The molecule has 2 rings (SSSR count). The van der Waals surface area contributed by atoms with Crippen molar-refractivity contribution in [3.05, 3.63) is 51.3 Å². The lowest BCUT2D eigenvalue weighted by atomic mass is 10.1. The second kappa shape index (κ2) is 5.57. The Labute approximate surface area is 120 Å². The van der Waals surface area contributed by atoms with Crippen molar-refractivity contribution in [3.8, 4) is 0 Å². The molecule has 0 fully saturated rings. The fourth-order valence-corrected chi connectivity index (χ4v) is 2.43. The molecule has 0 saturated heterocycles. The number of nitrogens with zero attached hydrogens (tertiary/aromatic N) is 1. The van der Waals surface area contributed by atoms with Gasteiger partial charge in [-0.05, 0) is 38.5 Å². The summed E-state index contributed by atoms with van der Waals surface area (Å²) in [5.41, 5.74) is 3.19. The first-order chi connectivity index (χ1) is 8.99. The quantitative estimate of drug-likeness (QED) is 0.911. The summed E-state index contributed by atoms with van der Waals surface area (Å²) in [5.74, 6) is -0.101. The van der Waals surface area contributed by atoms with E-state index < -0.39 is 0 Å². The van der Waals surface area contributed by atoms with Gasteiger partial charge >= 0.3 is 0 Å². The van der Waals surface area contributed by atoms with Crippen LogP contribution in [0.25, 0.3) is 0 Å². The predicted octanol–water partition coefficient (Wildman–Crippen LogP) is 3.28. The minimum atomic E-state index is -0.101. The number of rotatable bonds is 3. The number of aryl methyl sites for hydroxylation is 2. The van der Waals surface area contributed by atoms with E-state index >= 15 is 0 Å². The molecule has 0 saturated carbocycles. The molecule has 0 aliphatic rings. The number of carbonyl (C=O) groups excluding carboxylic acids is 1. The van der Waals surface area contributed by atoms with E-state index in [1.54, 1.807) is 0 Å². The number of benzene rings is 1. The summed E-state index contributed by atoms with van der Waals surface area (Å²) >= 11 is 3.43. The summed E-state index contributed by atoms with van der Waals surface area (Å²) in [6, 6.07) is 7.85. The van der Waals surface area contributed by atoms with E-state index in [-0.39, 0.29) is 11.9 Å². The highest BCUT2D eigenvalue weighted by molar-refractivity contribution is 9.10. The lowest BCUT2D eigenvalue weighted by molar-refractivity contribution is 0.0938. The zero-order valence-electron chi connectivity index (χ0n) is 11.1. The maximum atomic E-state index is 12.2. The Morgan fingerprint density at radius 1 is 1.42 bits per heavy atom. The van der Waals surface area contributed by atoms with Crippen LogP contribution in [0.5, 0.6) is 0 Å². The minimum Gasteiger partial charge on any atom is -0.345 e. The lowest BCUT2D eigenvalue weighted by Crippen LogP contribution is -2.27. The third kappa shape index (κ3) is 3.04. The normalized spacial score (nSPS) is 12.2. The van der Waals surface area contributed by atoms with Crippen LogP contribution in [0.1, 0.15) is 40.3 Å². The zero-order valence-corrected chi connectivity index (χ0v) is 12.7. The summed E-state index contributed by atoms with van der Waals surface area (Å²) < 4.78 is 1.00. The van der Waals surface area contributed by atoms with Gasteiger partial charge in [-0.2, -0.15) is 5.10 Å². The van der Waals surface area contributed by atoms with Gasteiger partial charge in [-0.15, -0.1) is 0 Å². The van der Waals surface area contributed by atoms with E-state index in [4.69, 9.17) is 0 Å². The highest BCUT2D eigenvalue weighted by Crippen LogP contribution is 2.19. The van der Waals surface area contributed by atoms with E-state index in [0.717, 1.165) is 21.4 Å². The number of amides is 1. The van der Waals surface area contributed by atoms with Gasteiger partial charge in [0.25, 0.3) is 5.91 Å². The number of nitrogens with one attached hydrogen (secondary N) is 2. The van der Waals surface area contributed by atoms with Crippen molar-refractivity contribution in [3.63, 3.8) is 0 Å². The third-order valence-electron chi connectivity index (χ3n) is 3.05. The smallest absolute Gasteiger partial charge is 0.255 e. The van der Waals surface area contributed by atoms with Gasteiger partial charge in [0, 0.05) is 10.2 Å². The van der Waals surface area contributed by atoms with Crippen LogP contribution in [0, 0.1) is 13.8 Å². The van der Waals surface area contributed by atoms with Gasteiger partial charge in [0.05, 0.1) is 17.3 Å². The third-order valence-corrected chi connectivity index (χ3v) is 3.54. The monoisotopic (exact) mass is 321 g/mol.